The monoisotopic (exact) mass is 318 g/mol. The second kappa shape index (κ2) is 6.19. The summed E-state index contributed by atoms with van der Waals surface area (Å²) in [5, 5.41) is 3.59. The number of fused-ring (bicyclic) bond motifs is 1. The van der Waals surface area contributed by atoms with Gasteiger partial charge in [-0.1, -0.05) is 42.1 Å². The van der Waals surface area contributed by atoms with Crippen molar-refractivity contribution in [2.24, 2.45) is 0 Å². The maximum absolute atomic E-state index is 12.5. The van der Waals surface area contributed by atoms with Gasteiger partial charge in [0.15, 0.2) is 0 Å². The topological polar surface area (TPSA) is 44.9 Å². The lowest BCUT2D eigenvalue weighted by Crippen LogP contribution is -2.12. The highest BCUT2D eigenvalue weighted by atomic mass is 32.2. The van der Waals surface area contributed by atoms with E-state index >= 15 is 0 Å². The number of carbonyl (C=O) groups excluding carboxylic acids is 1. The number of aromatic amines is 1. The van der Waals surface area contributed by atoms with E-state index in [1.54, 1.807) is 30.3 Å². The second-order valence-electron chi connectivity index (χ2n) is 4.60. The van der Waals surface area contributed by atoms with E-state index in [2.05, 4.69) is 10.3 Å². The maximum atomic E-state index is 12.5. The summed E-state index contributed by atoms with van der Waals surface area (Å²) in [6.07, 6.45) is 0. The third kappa shape index (κ3) is 3.12. The lowest BCUT2D eigenvalue weighted by Gasteiger charge is -2.09. The minimum Gasteiger partial charge on any atom is -0.351 e. The van der Waals surface area contributed by atoms with Crippen molar-refractivity contribution in [1.29, 1.82) is 0 Å². The van der Waals surface area contributed by atoms with E-state index in [1.807, 2.05) is 24.3 Å². The molecule has 3 nitrogen and oxygen atoms in total. The van der Waals surface area contributed by atoms with E-state index in [9.17, 15) is 13.6 Å². The molecule has 0 aliphatic heterocycles. The van der Waals surface area contributed by atoms with Crippen molar-refractivity contribution < 1.29 is 13.6 Å². The number of para-hydroxylation sites is 2. The van der Waals surface area contributed by atoms with Crippen LogP contribution in [0.1, 0.15) is 10.5 Å². The lowest BCUT2D eigenvalue weighted by molar-refractivity contribution is 0.102. The molecule has 0 fully saturated rings. The van der Waals surface area contributed by atoms with Gasteiger partial charge in [-0.2, -0.15) is 8.78 Å². The fourth-order valence-electron chi connectivity index (χ4n) is 2.15. The van der Waals surface area contributed by atoms with Gasteiger partial charge < -0.3 is 10.3 Å². The van der Waals surface area contributed by atoms with Crippen LogP contribution in [-0.4, -0.2) is 16.6 Å². The molecule has 0 saturated heterocycles. The van der Waals surface area contributed by atoms with Crippen LogP contribution in [-0.2, 0) is 0 Å². The summed E-state index contributed by atoms with van der Waals surface area (Å²) in [6.45, 7) is 0. The number of alkyl halides is 2. The van der Waals surface area contributed by atoms with Crippen molar-refractivity contribution in [1.82, 2.24) is 4.98 Å². The van der Waals surface area contributed by atoms with Crippen LogP contribution < -0.4 is 5.32 Å². The summed E-state index contributed by atoms with van der Waals surface area (Å²) < 4.78 is 25.1. The van der Waals surface area contributed by atoms with Gasteiger partial charge in [0.25, 0.3) is 11.7 Å². The first-order chi connectivity index (χ1) is 10.6. The number of thioether (sulfide) groups is 1. The zero-order valence-corrected chi connectivity index (χ0v) is 12.2. The zero-order valence-electron chi connectivity index (χ0n) is 11.3. The van der Waals surface area contributed by atoms with Crippen LogP contribution in [0.25, 0.3) is 10.9 Å². The molecule has 2 aromatic carbocycles. The fraction of sp³-hybridized carbons (Fsp3) is 0.0625. The number of rotatable bonds is 4. The number of hydrogen-bond acceptors (Lipinski definition) is 2. The molecule has 0 unspecified atom stereocenters. The quantitative estimate of drug-likeness (QED) is 0.683. The molecule has 0 saturated carbocycles. The molecule has 1 amide bonds. The number of hydrogen-bond donors (Lipinski definition) is 2. The summed E-state index contributed by atoms with van der Waals surface area (Å²) in [6, 6.07) is 15.7. The van der Waals surface area contributed by atoms with Gasteiger partial charge in [-0.15, -0.1) is 0 Å². The Morgan fingerprint density at radius 2 is 1.82 bits per heavy atom. The molecule has 1 aromatic heterocycles. The van der Waals surface area contributed by atoms with Crippen LogP contribution in [0.4, 0.5) is 14.5 Å². The molecule has 0 bridgehead atoms. The van der Waals surface area contributed by atoms with Crippen LogP contribution in [0.5, 0.6) is 0 Å². The van der Waals surface area contributed by atoms with Crippen molar-refractivity contribution >= 4 is 34.3 Å². The molecule has 3 aromatic rings. The number of aromatic nitrogens is 1. The molecular weight excluding hydrogens is 306 g/mol. The number of H-pyrrole nitrogens is 1. The highest BCUT2D eigenvalue weighted by molar-refractivity contribution is 7.99. The van der Waals surface area contributed by atoms with Gasteiger partial charge in [-0.3, -0.25) is 4.79 Å². The Labute approximate surface area is 129 Å². The summed E-state index contributed by atoms with van der Waals surface area (Å²) >= 11 is 0.409. The Kier molecular flexibility index (Phi) is 4.11. The van der Waals surface area contributed by atoms with Gasteiger partial charge in [-0.05, 0) is 24.3 Å². The molecule has 0 aliphatic rings. The summed E-state index contributed by atoms with van der Waals surface area (Å²) in [4.78, 5) is 15.6. The Morgan fingerprint density at radius 3 is 2.59 bits per heavy atom. The number of benzene rings is 2. The average molecular weight is 318 g/mol. The molecule has 0 radical (unpaired) electrons. The standard InChI is InChI=1S/C16H12F2N2OS/c17-16(18)22-14-8-4-3-7-12(14)20-15(21)13-9-10-5-1-2-6-11(10)19-13/h1-9,16,19H,(H,20,21). The van der Waals surface area contributed by atoms with E-state index in [-0.39, 0.29) is 5.91 Å². The van der Waals surface area contributed by atoms with Gasteiger partial charge in [0, 0.05) is 15.8 Å². The number of carbonyl (C=O) groups is 1. The minimum absolute atomic E-state index is 0.335. The zero-order chi connectivity index (χ0) is 15.5. The van der Waals surface area contributed by atoms with E-state index < -0.39 is 5.76 Å². The second-order valence-corrected chi connectivity index (χ2v) is 5.63. The number of halogens is 2. The summed E-state index contributed by atoms with van der Waals surface area (Å²) in [7, 11) is 0. The molecular formula is C16H12F2N2OS. The van der Waals surface area contributed by atoms with Crippen molar-refractivity contribution in [2.45, 2.75) is 10.7 Å². The molecule has 0 aliphatic carbocycles. The Balaban J connectivity index is 1.85. The van der Waals surface area contributed by atoms with E-state index in [1.165, 1.54) is 0 Å². The van der Waals surface area contributed by atoms with Crippen LogP contribution in [0.15, 0.2) is 59.5 Å². The summed E-state index contributed by atoms with van der Waals surface area (Å²) in [5.41, 5.74) is 1.61. The van der Waals surface area contributed by atoms with Crippen molar-refractivity contribution in [3.05, 3.63) is 60.3 Å². The normalized spacial score (nSPS) is 11.0. The number of amides is 1. The van der Waals surface area contributed by atoms with Gasteiger partial charge in [-0.25, -0.2) is 0 Å². The molecule has 22 heavy (non-hydrogen) atoms. The first-order valence-corrected chi connectivity index (χ1v) is 7.44. The van der Waals surface area contributed by atoms with Gasteiger partial charge in [0.05, 0.1) is 5.69 Å². The van der Waals surface area contributed by atoms with Gasteiger partial charge >= 0.3 is 0 Å². The van der Waals surface area contributed by atoms with Gasteiger partial charge in [0.1, 0.15) is 5.69 Å². The molecule has 3 rings (SSSR count). The minimum atomic E-state index is -2.54. The Hall–Kier alpha value is -2.34. The SMILES string of the molecule is O=C(Nc1ccccc1SC(F)F)c1cc2ccccc2[nH]1. The summed E-state index contributed by atoms with van der Waals surface area (Å²) in [5.74, 6) is -2.90. The Morgan fingerprint density at radius 1 is 1.09 bits per heavy atom. The predicted molar refractivity (Wildman–Crippen MR) is 84.6 cm³/mol. The van der Waals surface area contributed by atoms with Crippen molar-refractivity contribution in [3.63, 3.8) is 0 Å². The average Bonchev–Trinajstić information content (AvgIpc) is 2.93. The van der Waals surface area contributed by atoms with E-state index in [0.717, 1.165) is 10.9 Å². The lowest BCUT2D eigenvalue weighted by atomic mass is 10.2. The molecule has 112 valence electrons. The highest BCUT2D eigenvalue weighted by Gasteiger charge is 2.14. The third-order valence-corrected chi connectivity index (χ3v) is 3.91. The Bertz CT molecular complexity index is 784. The van der Waals surface area contributed by atoms with Crippen LogP contribution in [0.2, 0.25) is 0 Å². The van der Waals surface area contributed by atoms with Gasteiger partial charge in [0.2, 0.25) is 0 Å². The molecule has 6 heteroatoms. The first-order valence-electron chi connectivity index (χ1n) is 6.56. The van der Waals surface area contributed by atoms with Crippen molar-refractivity contribution in [3.8, 4) is 0 Å². The first kappa shape index (κ1) is 14.6. The molecule has 2 N–H and O–H groups in total. The highest BCUT2D eigenvalue weighted by Crippen LogP contribution is 2.31. The van der Waals surface area contributed by atoms with Crippen LogP contribution in [0, 0.1) is 0 Å². The fourth-order valence-corrected chi connectivity index (χ4v) is 2.75. The molecule has 0 atom stereocenters. The molecule has 0 spiro atoms. The van der Waals surface area contributed by atoms with E-state index in [4.69, 9.17) is 0 Å². The smallest absolute Gasteiger partial charge is 0.288 e. The van der Waals surface area contributed by atoms with Crippen molar-refractivity contribution in [2.75, 3.05) is 5.32 Å². The largest absolute Gasteiger partial charge is 0.351 e. The maximum Gasteiger partial charge on any atom is 0.288 e. The molecule has 1 heterocycles. The number of anilines is 1. The van der Waals surface area contributed by atoms with Crippen LogP contribution >= 0.6 is 11.8 Å². The van der Waals surface area contributed by atoms with E-state index in [0.29, 0.717) is 28.0 Å². The number of nitrogens with one attached hydrogen (secondary N) is 2. The predicted octanol–water partition coefficient (Wildman–Crippen LogP) is 4.73. The third-order valence-electron chi connectivity index (χ3n) is 3.13. The van der Waals surface area contributed by atoms with Crippen LogP contribution in [0.3, 0.4) is 0 Å².